The van der Waals surface area contributed by atoms with Crippen LogP contribution in [0.3, 0.4) is 0 Å². The van der Waals surface area contributed by atoms with E-state index in [1.807, 2.05) is 6.92 Å². The van der Waals surface area contributed by atoms with Crippen molar-refractivity contribution in [1.29, 1.82) is 0 Å². The van der Waals surface area contributed by atoms with Gasteiger partial charge in [0.1, 0.15) is 5.82 Å². The summed E-state index contributed by atoms with van der Waals surface area (Å²) in [5, 5.41) is 3.18. The third kappa shape index (κ3) is 3.16. The molecule has 0 spiro atoms. The highest BCUT2D eigenvalue weighted by molar-refractivity contribution is 5.82. The predicted molar refractivity (Wildman–Crippen MR) is 74.8 cm³/mol. The first-order valence-electron chi connectivity index (χ1n) is 6.81. The Morgan fingerprint density at radius 3 is 2.65 bits per heavy atom. The van der Waals surface area contributed by atoms with Crippen LogP contribution in [0.25, 0.3) is 0 Å². The number of likely N-dealkylation sites (N-methyl/N-ethyl adjacent to an activating group) is 1. The van der Waals surface area contributed by atoms with Crippen molar-refractivity contribution in [2.24, 2.45) is 0 Å². The van der Waals surface area contributed by atoms with E-state index in [4.69, 9.17) is 4.74 Å². The fraction of sp³-hybridized carbons (Fsp3) is 0.533. The van der Waals surface area contributed by atoms with Gasteiger partial charge in [0.2, 0.25) is 5.91 Å². The third-order valence-corrected chi connectivity index (χ3v) is 4.00. The van der Waals surface area contributed by atoms with Crippen molar-refractivity contribution in [2.75, 3.05) is 20.7 Å². The molecule has 1 amide bonds. The number of ether oxygens (including phenoxy) is 1. The molecule has 0 radical (unpaired) electrons. The molecular weight excluding hydrogens is 259 g/mol. The summed E-state index contributed by atoms with van der Waals surface area (Å²) < 4.78 is 18.2. The summed E-state index contributed by atoms with van der Waals surface area (Å²) in [5.41, 5.74) is 0.920. The number of rotatable bonds is 4. The Morgan fingerprint density at radius 2 is 2.10 bits per heavy atom. The van der Waals surface area contributed by atoms with Gasteiger partial charge >= 0.3 is 0 Å². The lowest BCUT2D eigenvalue weighted by Gasteiger charge is -2.28. The average Bonchev–Trinajstić information content (AvgIpc) is 2.94. The first kappa shape index (κ1) is 14.9. The van der Waals surface area contributed by atoms with E-state index in [0.29, 0.717) is 13.0 Å². The fourth-order valence-electron chi connectivity index (χ4n) is 2.47. The van der Waals surface area contributed by atoms with Crippen LogP contribution in [0.15, 0.2) is 24.3 Å². The molecule has 1 fully saturated rings. The van der Waals surface area contributed by atoms with Crippen LogP contribution in [0.1, 0.15) is 24.9 Å². The van der Waals surface area contributed by atoms with Gasteiger partial charge in [0.25, 0.3) is 0 Å². The molecule has 1 saturated heterocycles. The Bertz CT molecular complexity index is 463. The molecule has 1 heterocycles. The van der Waals surface area contributed by atoms with Gasteiger partial charge < -0.3 is 15.0 Å². The monoisotopic (exact) mass is 280 g/mol. The molecule has 1 aliphatic rings. The van der Waals surface area contributed by atoms with Gasteiger partial charge in [-0.25, -0.2) is 4.39 Å². The third-order valence-electron chi connectivity index (χ3n) is 4.00. The van der Waals surface area contributed by atoms with Gasteiger partial charge in [0.05, 0.1) is 18.2 Å². The number of carbonyl (C=O) groups is 1. The molecule has 3 unspecified atom stereocenters. The van der Waals surface area contributed by atoms with Gasteiger partial charge in [-0.1, -0.05) is 12.1 Å². The highest BCUT2D eigenvalue weighted by Gasteiger charge is 2.32. The van der Waals surface area contributed by atoms with Crippen LogP contribution in [0.5, 0.6) is 0 Å². The molecular formula is C15H21FN2O2. The van der Waals surface area contributed by atoms with E-state index in [2.05, 4.69) is 5.32 Å². The molecule has 20 heavy (non-hydrogen) atoms. The predicted octanol–water partition coefficient (Wildman–Crippen LogP) is 1.72. The van der Waals surface area contributed by atoms with E-state index in [1.165, 1.54) is 12.1 Å². The number of benzene rings is 1. The molecule has 4 nitrogen and oxygen atoms in total. The Morgan fingerprint density at radius 1 is 1.45 bits per heavy atom. The summed E-state index contributed by atoms with van der Waals surface area (Å²) in [7, 11) is 3.43. The number of carbonyl (C=O) groups excluding carboxylic acids is 1. The first-order chi connectivity index (χ1) is 9.52. The molecule has 0 saturated carbocycles. The summed E-state index contributed by atoms with van der Waals surface area (Å²) >= 11 is 0. The topological polar surface area (TPSA) is 41.6 Å². The summed E-state index contributed by atoms with van der Waals surface area (Å²) in [4.78, 5) is 14.1. The molecule has 1 aliphatic heterocycles. The second-order valence-electron chi connectivity index (χ2n) is 5.23. The van der Waals surface area contributed by atoms with Crippen LogP contribution in [0, 0.1) is 5.82 Å². The van der Waals surface area contributed by atoms with Gasteiger partial charge in [-0.15, -0.1) is 0 Å². The van der Waals surface area contributed by atoms with Crippen molar-refractivity contribution in [1.82, 2.24) is 10.2 Å². The lowest BCUT2D eigenvalue weighted by molar-refractivity contribution is -0.133. The molecule has 0 aromatic heterocycles. The van der Waals surface area contributed by atoms with Crippen LogP contribution >= 0.6 is 0 Å². The minimum absolute atomic E-state index is 0.0429. The summed E-state index contributed by atoms with van der Waals surface area (Å²) in [5.74, 6) is -0.225. The second kappa shape index (κ2) is 6.33. The van der Waals surface area contributed by atoms with Gasteiger partial charge in [0.15, 0.2) is 0 Å². The Hall–Kier alpha value is -1.46. The zero-order chi connectivity index (χ0) is 14.7. The molecule has 0 aliphatic carbocycles. The van der Waals surface area contributed by atoms with Crippen LogP contribution in [0.2, 0.25) is 0 Å². The summed E-state index contributed by atoms with van der Waals surface area (Å²) in [6.45, 7) is 2.64. The molecule has 5 heteroatoms. The van der Waals surface area contributed by atoms with E-state index in [1.54, 1.807) is 31.2 Å². The number of methoxy groups -OCH3 is 1. The maximum Gasteiger partial charge on any atom is 0.240 e. The lowest BCUT2D eigenvalue weighted by atomic mass is 10.1. The number of nitrogens with zero attached hydrogens (tertiary/aromatic N) is 1. The maximum absolute atomic E-state index is 12.9. The lowest BCUT2D eigenvalue weighted by Crippen LogP contribution is -2.42. The van der Waals surface area contributed by atoms with Crippen molar-refractivity contribution in [3.63, 3.8) is 0 Å². The number of amides is 1. The van der Waals surface area contributed by atoms with E-state index in [-0.39, 0.29) is 29.9 Å². The number of nitrogens with one attached hydrogen (secondary N) is 1. The number of hydrogen-bond acceptors (Lipinski definition) is 3. The maximum atomic E-state index is 12.9. The summed E-state index contributed by atoms with van der Waals surface area (Å²) in [6.07, 6.45) is 0.786. The molecule has 1 aromatic rings. The average molecular weight is 280 g/mol. The van der Waals surface area contributed by atoms with Crippen LogP contribution in [-0.2, 0) is 9.53 Å². The van der Waals surface area contributed by atoms with Crippen molar-refractivity contribution in [3.05, 3.63) is 35.6 Å². The SMILES string of the molecule is COC1CNC(C(=O)N(C)C(C)c2ccc(F)cc2)C1. The van der Waals surface area contributed by atoms with Crippen molar-refractivity contribution >= 4 is 5.91 Å². The summed E-state index contributed by atoms with van der Waals surface area (Å²) in [6, 6.07) is 5.96. The minimum Gasteiger partial charge on any atom is -0.380 e. The van der Waals surface area contributed by atoms with Gasteiger partial charge in [-0.05, 0) is 31.0 Å². The van der Waals surface area contributed by atoms with Crippen LogP contribution in [-0.4, -0.2) is 43.7 Å². The number of halogens is 1. The standard InChI is InChI=1S/C15H21FN2O2/c1-10(11-4-6-12(16)7-5-11)18(2)15(19)14-8-13(20-3)9-17-14/h4-7,10,13-14,17H,8-9H2,1-3H3. The van der Waals surface area contributed by atoms with Gasteiger partial charge in [-0.2, -0.15) is 0 Å². The van der Waals surface area contributed by atoms with Gasteiger partial charge in [0, 0.05) is 20.7 Å². The van der Waals surface area contributed by atoms with E-state index in [9.17, 15) is 9.18 Å². The highest BCUT2D eigenvalue weighted by atomic mass is 19.1. The highest BCUT2D eigenvalue weighted by Crippen LogP contribution is 2.21. The zero-order valence-electron chi connectivity index (χ0n) is 12.1. The van der Waals surface area contributed by atoms with Crippen LogP contribution in [0.4, 0.5) is 4.39 Å². The van der Waals surface area contributed by atoms with Gasteiger partial charge in [-0.3, -0.25) is 4.79 Å². The smallest absolute Gasteiger partial charge is 0.240 e. The quantitative estimate of drug-likeness (QED) is 0.913. The zero-order valence-corrected chi connectivity index (χ0v) is 12.1. The molecule has 110 valence electrons. The largest absolute Gasteiger partial charge is 0.380 e. The number of hydrogen-bond donors (Lipinski definition) is 1. The Balaban J connectivity index is 2.01. The fourth-order valence-corrected chi connectivity index (χ4v) is 2.47. The minimum atomic E-state index is -0.268. The second-order valence-corrected chi connectivity index (χ2v) is 5.23. The molecule has 1 N–H and O–H groups in total. The van der Waals surface area contributed by atoms with E-state index in [0.717, 1.165) is 5.56 Å². The molecule has 1 aromatic carbocycles. The normalized spacial score (nSPS) is 23.6. The molecule has 3 atom stereocenters. The van der Waals surface area contributed by atoms with Crippen molar-refractivity contribution in [2.45, 2.75) is 31.5 Å². The van der Waals surface area contributed by atoms with Crippen molar-refractivity contribution < 1.29 is 13.9 Å². The van der Waals surface area contributed by atoms with Crippen molar-refractivity contribution in [3.8, 4) is 0 Å². The van der Waals surface area contributed by atoms with E-state index >= 15 is 0 Å². The van der Waals surface area contributed by atoms with Crippen LogP contribution < -0.4 is 5.32 Å². The molecule has 2 rings (SSSR count). The first-order valence-corrected chi connectivity index (χ1v) is 6.81. The Labute approximate surface area is 118 Å². The molecule has 0 bridgehead atoms. The van der Waals surface area contributed by atoms with E-state index < -0.39 is 0 Å². The Kier molecular flexibility index (Phi) is 4.73.